The second kappa shape index (κ2) is 10.1. The van der Waals surface area contributed by atoms with E-state index in [1.165, 1.54) is 4.31 Å². The number of methoxy groups -OCH3 is 1. The van der Waals surface area contributed by atoms with Crippen molar-refractivity contribution in [2.45, 2.75) is 32.6 Å². The minimum atomic E-state index is -3.29. The van der Waals surface area contributed by atoms with Crippen molar-refractivity contribution >= 4 is 21.6 Å². The second-order valence-corrected chi connectivity index (χ2v) is 9.78. The van der Waals surface area contributed by atoms with E-state index in [0.717, 1.165) is 16.9 Å². The Kier molecular flexibility index (Phi) is 7.50. The molecule has 1 aliphatic heterocycles. The van der Waals surface area contributed by atoms with E-state index in [1.54, 1.807) is 7.11 Å². The molecule has 6 nitrogen and oxygen atoms in total. The number of nitrogens with one attached hydrogen (secondary N) is 1. The molecule has 1 fully saturated rings. The summed E-state index contributed by atoms with van der Waals surface area (Å²) in [7, 11) is -1.65. The predicted molar refractivity (Wildman–Crippen MR) is 119 cm³/mol. The second-order valence-electron chi connectivity index (χ2n) is 7.69. The maximum atomic E-state index is 12.9. The average molecular weight is 431 g/mol. The molecule has 0 spiro atoms. The first-order valence-electron chi connectivity index (χ1n) is 10.4. The molecular weight excluding hydrogens is 400 g/mol. The van der Waals surface area contributed by atoms with Crippen LogP contribution in [0.15, 0.2) is 48.5 Å². The number of hydrogen-bond acceptors (Lipinski definition) is 4. The van der Waals surface area contributed by atoms with Gasteiger partial charge in [0.05, 0.1) is 18.8 Å². The van der Waals surface area contributed by atoms with Crippen LogP contribution in [-0.2, 0) is 21.2 Å². The molecular formula is C23H30N2O4S. The van der Waals surface area contributed by atoms with Gasteiger partial charge in [-0.25, -0.2) is 12.7 Å². The Bertz CT molecular complexity index is 960. The Hall–Kier alpha value is -2.38. The van der Waals surface area contributed by atoms with Crippen molar-refractivity contribution in [2.75, 3.05) is 31.3 Å². The van der Waals surface area contributed by atoms with Gasteiger partial charge in [0.2, 0.25) is 15.9 Å². The van der Waals surface area contributed by atoms with Crippen molar-refractivity contribution in [1.82, 2.24) is 4.31 Å². The number of benzene rings is 2. The first-order chi connectivity index (χ1) is 14.4. The van der Waals surface area contributed by atoms with Crippen LogP contribution in [0.1, 0.15) is 37.3 Å². The molecule has 0 aliphatic carbocycles. The van der Waals surface area contributed by atoms with Crippen molar-refractivity contribution < 1.29 is 17.9 Å². The van der Waals surface area contributed by atoms with Gasteiger partial charge in [0.25, 0.3) is 0 Å². The van der Waals surface area contributed by atoms with Gasteiger partial charge in [0.1, 0.15) is 5.75 Å². The molecule has 162 valence electrons. The van der Waals surface area contributed by atoms with Gasteiger partial charge in [-0.05, 0) is 43.0 Å². The quantitative estimate of drug-likeness (QED) is 0.693. The van der Waals surface area contributed by atoms with Gasteiger partial charge in [-0.3, -0.25) is 4.79 Å². The molecule has 0 radical (unpaired) electrons. The number of amides is 1. The monoisotopic (exact) mass is 430 g/mol. The summed E-state index contributed by atoms with van der Waals surface area (Å²) in [6, 6.07) is 15.7. The zero-order valence-corrected chi connectivity index (χ0v) is 18.5. The van der Waals surface area contributed by atoms with Crippen LogP contribution in [0.3, 0.4) is 0 Å². The Morgan fingerprint density at radius 1 is 1.20 bits per heavy atom. The maximum absolute atomic E-state index is 12.9. The summed E-state index contributed by atoms with van der Waals surface area (Å²) < 4.78 is 31.7. The Morgan fingerprint density at radius 2 is 1.97 bits per heavy atom. The molecule has 1 saturated heterocycles. The zero-order chi connectivity index (χ0) is 21.6. The van der Waals surface area contributed by atoms with Crippen LogP contribution >= 0.6 is 0 Å². The molecule has 0 bridgehead atoms. The highest BCUT2D eigenvalue weighted by Crippen LogP contribution is 2.27. The predicted octanol–water partition coefficient (Wildman–Crippen LogP) is 3.68. The number of ether oxygens (including phenoxy) is 1. The third-order valence-electron chi connectivity index (χ3n) is 5.40. The van der Waals surface area contributed by atoms with E-state index in [4.69, 9.17) is 4.74 Å². The van der Waals surface area contributed by atoms with Gasteiger partial charge in [0.15, 0.2) is 0 Å². The van der Waals surface area contributed by atoms with Gasteiger partial charge in [-0.15, -0.1) is 0 Å². The first-order valence-corrected chi connectivity index (χ1v) is 12.0. The fourth-order valence-corrected chi connectivity index (χ4v) is 5.44. The molecule has 30 heavy (non-hydrogen) atoms. The van der Waals surface area contributed by atoms with E-state index in [1.807, 2.05) is 43.3 Å². The van der Waals surface area contributed by atoms with E-state index in [2.05, 4.69) is 17.4 Å². The highest BCUT2D eigenvalue weighted by atomic mass is 32.2. The molecule has 0 aromatic heterocycles. The van der Waals surface area contributed by atoms with Crippen LogP contribution in [0.5, 0.6) is 5.75 Å². The van der Waals surface area contributed by atoms with Crippen molar-refractivity contribution in [3.63, 3.8) is 0 Å². The number of anilines is 1. The molecule has 1 amide bonds. The van der Waals surface area contributed by atoms with Crippen molar-refractivity contribution in [3.05, 3.63) is 59.7 Å². The SMILES string of the molecule is CCCS(=O)(=O)N1CCCC(C(=O)Nc2ccc(OC)c(Cc3ccccc3)c2)C1. The molecule has 2 aromatic carbocycles. The van der Waals surface area contributed by atoms with E-state index in [-0.39, 0.29) is 24.1 Å². The lowest BCUT2D eigenvalue weighted by Gasteiger charge is -2.31. The maximum Gasteiger partial charge on any atom is 0.228 e. The van der Waals surface area contributed by atoms with Gasteiger partial charge < -0.3 is 10.1 Å². The fraction of sp³-hybridized carbons (Fsp3) is 0.435. The topological polar surface area (TPSA) is 75.7 Å². The molecule has 1 atom stereocenters. The van der Waals surface area contributed by atoms with Crippen LogP contribution in [0.2, 0.25) is 0 Å². The summed E-state index contributed by atoms with van der Waals surface area (Å²) >= 11 is 0. The summed E-state index contributed by atoms with van der Waals surface area (Å²) in [5, 5.41) is 2.98. The summed E-state index contributed by atoms with van der Waals surface area (Å²) in [6.07, 6.45) is 2.66. The minimum Gasteiger partial charge on any atom is -0.496 e. The van der Waals surface area contributed by atoms with Crippen LogP contribution in [0.25, 0.3) is 0 Å². The van der Waals surface area contributed by atoms with Gasteiger partial charge in [0, 0.05) is 30.8 Å². The highest BCUT2D eigenvalue weighted by Gasteiger charge is 2.31. The minimum absolute atomic E-state index is 0.128. The van der Waals surface area contributed by atoms with E-state index < -0.39 is 10.0 Å². The number of sulfonamides is 1. The molecule has 1 aliphatic rings. The number of nitrogens with zero attached hydrogens (tertiary/aromatic N) is 1. The van der Waals surface area contributed by atoms with Crippen molar-refractivity contribution in [2.24, 2.45) is 5.92 Å². The van der Waals surface area contributed by atoms with Crippen LogP contribution in [0, 0.1) is 5.92 Å². The Morgan fingerprint density at radius 3 is 2.67 bits per heavy atom. The summed E-state index contributed by atoms with van der Waals surface area (Å²) in [5.41, 5.74) is 2.83. The first kappa shape index (κ1) is 22.3. The lowest BCUT2D eigenvalue weighted by molar-refractivity contribution is -0.120. The average Bonchev–Trinajstić information content (AvgIpc) is 2.75. The third-order valence-corrected chi connectivity index (χ3v) is 7.44. The summed E-state index contributed by atoms with van der Waals surface area (Å²) in [5.74, 6) is 0.418. The molecule has 2 aromatic rings. The normalized spacial score (nSPS) is 17.5. The molecule has 1 unspecified atom stereocenters. The number of carbonyl (C=O) groups is 1. The van der Waals surface area contributed by atoms with Crippen LogP contribution < -0.4 is 10.1 Å². The molecule has 1 N–H and O–H groups in total. The van der Waals surface area contributed by atoms with Gasteiger partial charge in [-0.1, -0.05) is 37.3 Å². The van der Waals surface area contributed by atoms with E-state index in [0.29, 0.717) is 37.9 Å². The summed E-state index contributed by atoms with van der Waals surface area (Å²) in [6.45, 7) is 2.60. The lowest BCUT2D eigenvalue weighted by atomic mass is 9.98. The van der Waals surface area contributed by atoms with Gasteiger partial charge >= 0.3 is 0 Å². The molecule has 3 rings (SSSR count). The van der Waals surface area contributed by atoms with E-state index in [9.17, 15) is 13.2 Å². The third kappa shape index (κ3) is 5.61. The van der Waals surface area contributed by atoms with E-state index >= 15 is 0 Å². The van der Waals surface area contributed by atoms with Gasteiger partial charge in [-0.2, -0.15) is 0 Å². The van der Waals surface area contributed by atoms with Crippen LogP contribution in [0.4, 0.5) is 5.69 Å². The number of carbonyl (C=O) groups excluding carboxylic acids is 1. The molecule has 0 saturated carbocycles. The molecule has 7 heteroatoms. The lowest BCUT2D eigenvalue weighted by Crippen LogP contribution is -2.44. The fourth-order valence-electron chi connectivity index (χ4n) is 3.85. The van der Waals surface area contributed by atoms with Crippen molar-refractivity contribution in [3.8, 4) is 5.75 Å². The molecule has 1 heterocycles. The van der Waals surface area contributed by atoms with Crippen molar-refractivity contribution in [1.29, 1.82) is 0 Å². The Balaban J connectivity index is 1.71. The summed E-state index contributed by atoms with van der Waals surface area (Å²) in [4.78, 5) is 12.9. The number of hydrogen-bond donors (Lipinski definition) is 1. The highest BCUT2D eigenvalue weighted by molar-refractivity contribution is 7.89. The number of piperidine rings is 1. The standard InChI is InChI=1S/C23H30N2O4S/c1-3-14-30(27,28)25-13-7-10-19(17-25)23(26)24-21-11-12-22(29-2)20(16-21)15-18-8-5-4-6-9-18/h4-6,8-9,11-12,16,19H,3,7,10,13-15,17H2,1-2H3,(H,24,26). The smallest absolute Gasteiger partial charge is 0.228 e. The number of rotatable bonds is 8. The van der Waals surface area contributed by atoms with Crippen LogP contribution in [-0.4, -0.2) is 44.6 Å². The zero-order valence-electron chi connectivity index (χ0n) is 17.6. The Labute approximate surface area is 179 Å². The largest absolute Gasteiger partial charge is 0.496 e.